The minimum Gasteiger partial charge on any atom is -0.444 e. The summed E-state index contributed by atoms with van der Waals surface area (Å²) >= 11 is 6.05. The van der Waals surface area contributed by atoms with Gasteiger partial charge in [-0.15, -0.1) is 4.91 Å². The zero-order valence-electron chi connectivity index (χ0n) is 14.9. The van der Waals surface area contributed by atoms with E-state index >= 15 is 0 Å². The summed E-state index contributed by atoms with van der Waals surface area (Å²) in [4.78, 5) is 25.5. The van der Waals surface area contributed by atoms with Crippen LogP contribution in [0.25, 0.3) is 0 Å². The molecule has 1 fully saturated rings. The number of nitroso groups, excluding NO2 is 1. The highest BCUT2D eigenvalue weighted by atomic mass is 35.5. The molecule has 4 rings (SSSR count). The summed E-state index contributed by atoms with van der Waals surface area (Å²) in [5.74, 6) is 0. The maximum Gasteiger partial charge on any atom is 0.414 e. The number of amides is 1. The number of carbonyl (C=O) groups excluding carboxylic acids is 1. The highest BCUT2D eigenvalue weighted by Crippen LogP contribution is 2.34. The van der Waals surface area contributed by atoms with Gasteiger partial charge < -0.3 is 4.74 Å². The molecule has 1 saturated heterocycles. The molecule has 2 aliphatic rings. The second kappa shape index (κ2) is 7.98. The van der Waals surface area contributed by atoms with E-state index < -0.39 is 11.0 Å². The van der Waals surface area contributed by atoms with Crippen molar-refractivity contribution in [1.29, 1.82) is 0 Å². The van der Waals surface area contributed by atoms with Crippen LogP contribution >= 0.6 is 11.6 Å². The Kier molecular flexibility index (Phi) is 5.43. The van der Waals surface area contributed by atoms with Crippen molar-refractivity contribution in [3.63, 3.8) is 0 Å². The lowest BCUT2D eigenvalue weighted by Crippen LogP contribution is -2.49. The van der Waals surface area contributed by atoms with Crippen LogP contribution in [-0.4, -0.2) is 33.7 Å². The molecule has 0 N–H and O–H groups in total. The van der Waals surface area contributed by atoms with Crippen LogP contribution in [0, 0.1) is 4.91 Å². The molecule has 1 amide bonds. The minimum absolute atomic E-state index is 0.0552. The Morgan fingerprint density at radius 3 is 2.64 bits per heavy atom. The number of anilines is 1. The standard InChI is InChI=1S/C19H18ClN3O4S/c20-14-5-6-17-13(11-14)12-27-19(24)23(17)15-7-9-22(10-8-15)28(26)18-4-2-1-3-16(18)21-25/h1-6,11,15H,7-10,12H2. The van der Waals surface area contributed by atoms with E-state index in [0.717, 1.165) is 11.3 Å². The summed E-state index contributed by atoms with van der Waals surface area (Å²) in [6.45, 7) is 1.26. The van der Waals surface area contributed by atoms with Crippen molar-refractivity contribution in [2.75, 3.05) is 18.0 Å². The zero-order chi connectivity index (χ0) is 19.7. The van der Waals surface area contributed by atoms with Crippen molar-refractivity contribution < 1.29 is 13.7 Å². The van der Waals surface area contributed by atoms with Crippen LogP contribution in [0.15, 0.2) is 52.5 Å². The Hall–Kier alpha value is -2.29. The lowest BCUT2D eigenvalue weighted by atomic mass is 10.0. The molecule has 0 radical (unpaired) electrons. The number of hydrogen-bond acceptors (Lipinski definition) is 5. The van der Waals surface area contributed by atoms with Gasteiger partial charge in [0.2, 0.25) is 0 Å². The van der Waals surface area contributed by atoms with Gasteiger partial charge >= 0.3 is 6.09 Å². The quantitative estimate of drug-likeness (QED) is 0.689. The van der Waals surface area contributed by atoms with Crippen LogP contribution in [0.4, 0.5) is 16.2 Å². The van der Waals surface area contributed by atoms with E-state index in [1.807, 2.05) is 12.1 Å². The average molecular weight is 420 g/mol. The molecule has 28 heavy (non-hydrogen) atoms. The monoisotopic (exact) mass is 419 g/mol. The van der Waals surface area contributed by atoms with Gasteiger partial charge in [-0.05, 0) is 48.4 Å². The van der Waals surface area contributed by atoms with Crippen molar-refractivity contribution in [3.8, 4) is 0 Å². The van der Waals surface area contributed by atoms with Crippen molar-refractivity contribution in [2.45, 2.75) is 30.4 Å². The maximum absolute atomic E-state index is 12.9. The van der Waals surface area contributed by atoms with Gasteiger partial charge in [0.25, 0.3) is 0 Å². The number of hydrogen-bond donors (Lipinski definition) is 0. The molecular formula is C19H18ClN3O4S. The van der Waals surface area contributed by atoms with Crippen LogP contribution in [0.1, 0.15) is 18.4 Å². The van der Waals surface area contributed by atoms with E-state index in [1.165, 1.54) is 0 Å². The van der Waals surface area contributed by atoms with Gasteiger partial charge in [-0.1, -0.05) is 23.7 Å². The molecule has 2 aromatic rings. The summed E-state index contributed by atoms with van der Waals surface area (Å²) in [7, 11) is -1.47. The SMILES string of the molecule is O=Nc1ccccc1S(=O)N1CCC(N2C(=O)OCc3cc(Cl)ccc32)CC1. The van der Waals surface area contributed by atoms with E-state index in [4.69, 9.17) is 16.3 Å². The molecule has 0 aromatic heterocycles. The molecule has 2 aromatic carbocycles. The van der Waals surface area contributed by atoms with Gasteiger partial charge in [0.1, 0.15) is 23.3 Å². The number of rotatable bonds is 4. The number of halogens is 1. The van der Waals surface area contributed by atoms with E-state index in [0.29, 0.717) is 35.8 Å². The summed E-state index contributed by atoms with van der Waals surface area (Å²) in [5, 5.41) is 3.57. The Balaban J connectivity index is 1.50. The molecule has 0 saturated carbocycles. The molecule has 2 aliphatic heterocycles. The van der Waals surface area contributed by atoms with Gasteiger partial charge in [-0.3, -0.25) is 4.90 Å². The third kappa shape index (κ3) is 3.55. The van der Waals surface area contributed by atoms with Crippen LogP contribution in [-0.2, 0) is 22.3 Å². The first-order chi connectivity index (χ1) is 13.6. The maximum atomic E-state index is 12.9. The van der Waals surface area contributed by atoms with Gasteiger partial charge in [-0.2, -0.15) is 0 Å². The third-order valence-electron chi connectivity index (χ3n) is 5.02. The van der Waals surface area contributed by atoms with E-state index in [-0.39, 0.29) is 24.4 Å². The summed E-state index contributed by atoms with van der Waals surface area (Å²) in [6, 6.07) is 12.0. The normalized spacial score (nSPS) is 19.0. The largest absolute Gasteiger partial charge is 0.444 e. The lowest BCUT2D eigenvalue weighted by Gasteiger charge is -2.39. The van der Waals surface area contributed by atoms with Crippen LogP contribution in [0.2, 0.25) is 5.02 Å². The van der Waals surface area contributed by atoms with E-state index in [9.17, 15) is 13.9 Å². The molecule has 0 bridgehead atoms. The van der Waals surface area contributed by atoms with Gasteiger partial charge in [0, 0.05) is 29.7 Å². The molecule has 146 valence electrons. The summed E-state index contributed by atoms with van der Waals surface area (Å²) < 4.78 is 20.0. The van der Waals surface area contributed by atoms with Crippen LogP contribution in [0.3, 0.4) is 0 Å². The number of ether oxygens (including phenoxy) is 1. The van der Waals surface area contributed by atoms with Gasteiger partial charge in [0.05, 0.1) is 10.6 Å². The number of piperidine rings is 1. The van der Waals surface area contributed by atoms with Crippen molar-refractivity contribution in [2.24, 2.45) is 5.18 Å². The molecular weight excluding hydrogens is 402 g/mol. The first-order valence-corrected chi connectivity index (χ1v) is 10.4. The third-order valence-corrected chi connectivity index (χ3v) is 6.81. The molecule has 9 heteroatoms. The minimum atomic E-state index is -1.47. The number of cyclic esters (lactones) is 1. The molecule has 7 nitrogen and oxygen atoms in total. The van der Waals surface area contributed by atoms with Crippen molar-refractivity contribution in [3.05, 3.63) is 58.0 Å². The predicted octanol–water partition coefficient (Wildman–Crippen LogP) is 4.38. The van der Waals surface area contributed by atoms with E-state index in [1.54, 1.807) is 39.5 Å². The highest BCUT2D eigenvalue weighted by Gasteiger charge is 2.35. The fourth-order valence-corrected chi connectivity index (χ4v) is 5.14. The Morgan fingerprint density at radius 2 is 1.89 bits per heavy atom. The molecule has 0 spiro atoms. The topological polar surface area (TPSA) is 79.3 Å². The van der Waals surface area contributed by atoms with Crippen LogP contribution < -0.4 is 4.90 Å². The first-order valence-electron chi connectivity index (χ1n) is 8.92. The summed E-state index contributed by atoms with van der Waals surface area (Å²) in [6.07, 6.45) is 0.906. The van der Waals surface area contributed by atoms with Gasteiger partial charge in [-0.25, -0.2) is 13.3 Å². The molecule has 1 unspecified atom stereocenters. The lowest BCUT2D eigenvalue weighted by molar-refractivity contribution is 0.136. The van der Waals surface area contributed by atoms with Crippen LogP contribution in [0.5, 0.6) is 0 Å². The molecule has 2 heterocycles. The Morgan fingerprint density at radius 1 is 1.14 bits per heavy atom. The average Bonchev–Trinajstić information content (AvgIpc) is 2.73. The van der Waals surface area contributed by atoms with E-state index in [2.05, 4.69) is 5.18 Å². The predicted molar refractivity (Wildman–Crippen MR) is 107 cm³/mol. The number of fused-ring (bicyclic) bond motifs is 1. The Labute approximate surface area is 169 Å². The number of nitrogens with zero attached hydrogens (tertiary/aromatic N) is 3. The first kappa shape index (κ1) is 19.0. The van der Waals surface area contributed by atoms with Crippen molar-refractivity contribution in [1.82, 2.24) is 4.31 Å². The Bertz CT molecular complexity index is 947. The second-order valence-corrected chi connectivity index (χ2v) is 8.56. The molecule has 1 atom stereocenters. The summed E-state index contributed by atoms with van der Waals surface area (Å²) in [5.41, 5.74) is 1.88. The fraction of sp³-hybridized carbons (Fsp3) is 0.316. The highest BCUT2D eigenvalue weighted by molar-refractivity contribution is 7.82. The smallest absolute Gasteiger partial charge is 0.414 e. The number of benzene rings is 2. The van der Waals surface area contributed by atoms with Gasteiger partial charge in [0.15, 0.2) is 0 Å². The van der Waals surface area contributed by atoms with Crippen molar-refractivity contribution >= 4 is 40.1 Å². The fourth-order valence-electron chi connectivity index (χ4n) is 3.64. The second-order valence-electron chi connectivity index (χ2n) is 6.67. The zero-order valence-corrected chi connectivity index (χ0v) is 16.5. The number of carbonyl (C=O) groups is 1. The molecule has 0 aliphatic carbocycles.